The van der Waals surface area contributed by atoms with E-state index in [0.29, 0.717) is 5.92 Å². The molecular weight excluding hydrogens is 569 g/mol. The maximum atomic E-state index is 2.40. The summed E-state index contributed by atoms with van der Waals surface area (Å²) < 4.78 is 0. The first-order chi connectivity index (χ1) is 23.2. The molecule has 0 spiro atoms. The smallest absolute Gasteiger partial charge is 0.0540 e. The summed E-state index contributed by atoms with van der Waals surface area (Å²) in [5.41, 5.74) is 9.61. The molecule has 1 unspecified atom stereocenters. The fourth-order valence-corrected chi connectivity index (χ4v) is 6.82. The second kappa shape index (κ2) is 12.5. The third-order valence-corrected chi connectivity index (χ3v) is 9.24. The Morgan fingerprint density at radius 1 is 0.468 bits per heavy atom. The van der Waals surface area contributed by atoms with E-state index in [1.54, 1.807) is 0 Å². The van der Waals surface area contributed by atoms with Crippen molar-refractivity contribution in [1.29, 1.82) is 0 Å². The molecule has 0 heterocycles. The Hall–Kier alpha value is -5.86. The van der Waals surface area contributed by atoms with Crippen LogP contribution in [0.1, 0.15) is 23.5 Å². The molecule has 0 aromatic heterocycles. The topological polar surface area (TPSA) is 6.48 Å². The third kappa shape index (κ3) is 5.60. The molecule has 0 radical (unpaired) electrons. The van der Waals surface area contributed by atoms with Crippen LogP contribution in [-0.4, -0.2) is 0 Å². The van der Waals surface area contributed by atoms with E-state index in [2.05, 4.69) is 199 Å². The molecule has 47 heavy (non-hydrogen) atoms. The van der Waals surface area contributed by atoms with Crippen LogP contribution in [0.3, 0.4) is 0 Å². The van der Waals surface area contributed by atoms with Gasteiger partial charge in [0.05, 0.1) is 11.4 Å². The van der Waals surface area contributed by atoms with Gasteiger partial charge in [0, 0.05) is 39.4 Å². The van der Waals surface area contributed by atoms with Crippen LogP contribution in [0.15, 0.2) is 188 Å². The van der Waals surface area contributed by atoms with Gasteiger partial charge in [-0.25, -0.2) is 0 Å². The molecule has 2 heteroatoms. The van der Waals surface area contributed by atoms with Gasteiger partial charge < -0.3 is 9.80 Å². The predicted molar refractivity (Wildman–Crippen MR) is 200 cm³/mol. The average molecular weight is 605 g/mol. The standard InChI is InChI=1S/C45H36N2/c1-33-21-27-39(28-22-33)47(45-20-10-14-37-12-6-8-18-43(37)45)41-31-25-35(26-32-41)34-23-29-40(30-24-34)46(38-15-3-2-4-16-38)44-19-9-13-36-11-5-7-17-42(36)44/h2-25,27-32,35H,26H2,1H3. The second-order valence-electron chi connectivity index (χ2n) is 12.3. The quantitative estimate of drug-likeness (QED) is 0.179. The molecule has 1 atom stereocenters. The van der Waals surface area contributed by atoms with Crippen molar-refractivity contribution >= 4 is 50.0 Å². The first-order valence-electron chi connectivity index (χ1n) is 16.4. The van der Waals surface area contributed by atoms with Crippen molar-refractivity contribution in [3.63, 3.8) is 0 Å². The molecule has 226 valence electrons. The van der Waals surface area contributed by atoms with E-state index in [0.717, 1.165) is 17.8 Å². The Kier molecular flexibility index (Phi) is 7.61. The van der Waals surface area contributed by atoms with Crippen LogP contribution in [0, 0.1) is 6.92 Å². The minimum Gasteiger partial charge on any atom is -0.310 e. The molecule has 7 aromatic rings. The van der Waals surface area contributed by atoms with E-state index in [4.69, 9.17) is 0 Å². The highest BCUT2D eigenvalue weighted by Crippen LogP contribution is 2.41. The van der Waals surface area contributed by atoms with Crippen molar-refractivity contribution in [2.75, 3.05) is 9.80 Å². The highest BCUT2D eigenvalue weighted by atomic mass is 15.2. The number of hydrogen-bond acceptors (Lipinski definition) is 2. The van der Waals surface area contributed by atoms with Crippen LogP contribution < -0.4 is 9.80 Å². The zero-order chi connectivity index (χ0) is 31.6. The zero-order valence-corrected chi connectivity index (χ0v) is 26.5. The molecule has 2 nitrogen and oxygen atoms in total. The van der Waals surface area contributed by atoms with E-state index in [9.17, 15) is 0 Å². The molecule has 0 saturated carbocycles. The third-order valence-electron chi connectivity index (χ3n) is 9.24. The Labute approximate surface area is 277 Å². The Bertz CT molecular complexity index is 2220. The minimum absolute atomic E-state index is 0.308. The lowest BCUT2D eigenvalue weighted by Gasteiger charge is -2.30. The van der Waals surface area contributed by atoms with Gasteiger partial charge in [-0.2, -0.15) is 0 Å². The summed E-state index contributed by atoms with van der Waals surface area (Å²) in [5.74, 6) is 0.308. The van der Waals surface area contributed by atoms with Gasteiger partial charge in [0.15, 0.2) is 0 Å². The lowest BCUT2D eigenvalue weighted by Crippen LogP contribution is -2.17. The number of para-hydroxylation sites is 1. The number of benzene rings is 7. The van der Waals surface area contributed by atoms with Crippen LogP contribution >= 0.6 is 0 Å². The minimum atomic E-state index is 0.308. The van der Waals surface area contributed by atoms with Crippen LogP contribution in [0.5, 0.6) is 0 Å². The van der Waals surface area contributed by atoms with Gasteiger partial charge >= 0.3 is 0 Å². The molecule has 0 amide bonds. The molecule has 1 aliphatic rings. The van der Waals surface area contributed by atoms with Crippen molar-refractivity contribution in [1.82, 2.24) is 0 Å². The summed E-state index contributed by atoms with van der Waals surface area (Å²) >= 11 is 0. The number of fused-ring (bicyclic) bond motifs is 2. The number of allylic oxidation sites excluding steroid dienone is 3. The monoisotopic (exact) mass is 604 g/mol. The average Bonchev–Trinajstić information content (AvgIpc) is 3.14. The summed E-state index contributed by atoms with van der Waals surface area (Å²) in [7, 11) is 0. The first-order valence-corrected chi connectivity index (χ1v) is 16.4. The first kappa shape index (κ1) is 28.6. The summed E-state index contributed by atoms with van der Waals surface area (Å²) in [6.07, 6.45) is 8.00. The number of anilines is 5. The molecule has 0 saturated heterocycles. The van der Waals surface area contributed by atoms with Gasteiger partial charge in [0.2, 0.25) is 0 Å². The fourth-order valence-electron chi connectivity index (χ4n) is 6.82. The van der Waals surface area contributed by atoms with E-state index >= 15 is 0 Å². The predicted octanol–water partition coefficient (Wildman–Crippen LogP) is 12.5. The van der Waals surface area contributed by atoms with Crippen LogP contribution in [0.4, 0.5) is 28.4 Å². The second-order valence-corrected chi connectivity index (χ2v) is 12.3. The van der Waals surface area contributed by atoms with E-state index < -0.39 is 0 Å². The molecule has 0 fully saturated rings. The maximum Gasteiger partial charge on any atom is 0.0540 e. The zero-order valence-electron chi connectivity index (χ0n) is 26.5. The highest BCUT2D eigenvalue weighted by molar-refractivity contribution is 5.99. The fraction of sp³-hybridized carbons (Fsp3) is 0.0667. The number of nitrogens with zero attached hydrogens (tertiary/aromatic N) is 2. The molecular formula is C45H36N2. The van der Waals surface area contributed by atoms with Crippen molar-refractivity contribution in [2.45, 2.75) is 19.3 Å². The summed E-state index contributed by atoms with van der Waals surface area (Å²) in [6, 6.07) is 59.0. The summed E-state index contributed by atoms with van der Waals surface area (Å²) in [5, 5.41) is 4.96. The largest absolute Gasteiger partial charge is 0.310 e. The number of aryl methyl sites for hydroxylation is 1. The molecule has 0 bridgehead atoms. The van der Waals surface area contributed by atoms with Gasteiger partial charge in [-0.3, -0.25) is 0 Å². The van der Waals surface area contributed by atoms with Gasteiger partial charge in [-0.05, 0) is 84.3 Å². The Morgan fingerprint density at radius 3 is 1.60 bits per heavy atom. The number of rotatable bonds is 7. The van der Waals surface area contributed by atoms with Gasteiger partial charge in [-0.15, -0.1) is 0 Å². The highest BCUT2D eigenvalue weighted by Gasteiger charge is 2.21. The van der Waals surface area contributed by atoms with Crippen LogP contribution in [0.25, 0.3) is 21.5 Å². The SMILES string of the molecule is Cc1ccc(N(C2=CCC(c3ccc(N(c4ccccc4)c4cccc5ccccc45)cc3)C=C2)c2cccc3ccccc23)cc1. The maximum absolute atomic E-state index is 2.40. The van der Waals surface area contributed by atoms with E-state index in [-0.39, 0.29) is 0 Å². The molecule has 7 aromatic carbocycles. The molecule has 1 aliphatic carbocycles. The van der Waals surface area contributed by atoms with Crippen LogP contribution in [-0.2, 0) is 0 Å². The van der Waals surface area contributed by atoms with E-state index in [1.807, 2.05) is 0 Å². The van der Waals surface area contributed by atoms with Gasteiger partial charge in [0.1, 0.15) is 0 Å². The molecule has 8 rings (SSSR count). The lowest BCUT2D eigenvalue weighted by molar-refractivity contribution is 0.840. The van der Waals surface area contributed by atoms with Crippen molar-refractivity contribution in [2.24, 2.45) is 0 Å². The van der Waals surface area contributed by atoms with Gasteiger partial charge in [0.25, 0.3) is 0 Å². The van der Waals surface area contributed by atoms with Crippen molar-refractivity contribution < 1.29 is 0 Å². The Balaban J connectivity index is 1.11. The number of hydrogen-bond donors (Lipinski definition) is 0. The van der Waals surface area contributed by atoms with Crippen LogP contribution in [0.2, 0.25) is 0 Å². The molecule has 0 N–H and O–H groups in total. The summed E-state index contributed by atoms with van der Waals surface area (Å²) in [6.45, 7) is 2.14. The van der Waals surface area contributed by atoms with Gasteiger partial charge in [-0.1, -0.05) is 133 Å². The molecule has 0 aliphatic heterocycles. The Morgan fingerprint density at radius 2 is 0.979 bits per heavy atom. The lowest BCUT2D eigenvalue weighted by atomic mass is 9.91. The summed E-state index contributed by atoms with van der Waals surface area (Å²) in [4.78, 5) is 4.77. The van der Waals surface area contributed by atoms with E-state index in [1.165, 1.54) is 55.4 Å². The van der Waals surface area contributed by atoms with Crippen molar-refractivity contribution in [3.05, 3.63) is 199 Å². The van der Waals surface area contributed by atoms with Crippen molar-refractivity contribution in [3.8, 4) is 0 Å². The normalized spacial score (nSPS) is 14.2.